The largest absolute Gasteiger partial charge is 0.298 e. The molecule has 0 heterocycles. The molecule has 0 bridgehead atoms. The van der Waals surface area contributed by atoms with E-state index in [2.05, 4.69) is 6.92 Å². The highest BCUT2D eigenvalue weighted by Crippen LogP contribution is 2.22. The summed E-state index contributed by atoms with van der Waals surface area (Å²) in [7, 11) is 0. The van der Waals surface area contributed by atoms with Crippen LogP contribution in [0.4, 0.5) is 4.39 Å². The van der Waals surface area contributed by atoms with Gasteiger partial charge in [0.1, 0.15) is 5.82 Å². The first-order valence-corrected chi connectivity index (χ1v) is 5.14. The highest BCUT2D eigenvalue weighted by molar-refractivity contribution is 7.99. The average molecular weight is 198 g/mol. The second-order valence-corrected chi connectivity index (χ2v) is 3.79. The Hall–Kier alpha value is -0.830. The second kappa shape index (κ2) is 5.02. The predicted octanol–water partition coefficient (Wildman–Crippen LogP) is 3.14. The Labute approximate surface area is 81.3 Å². The average Bonchev–Trinajstić information content (AvgIpc) is 2.16. The number of rotatable bonds is 4. The van der Waals surface area contributed by atoms with Gasteiger partial charge in [0, 0.05) is 10.5 Å². The van der Waals surface area contributed by atoms with Gasteiger partial charge >= 0.3 is 0 Å². The van der Waals surface area contributed by atoms with Crippen molar-refractivity contribution >= 4 is 18.0 Å². The van der Waals surface area contributed by atoms with Gasteiger partial charge in [0.25, 0.3) is 0 Å². The smallest absolute Gasteiger partial charge is 0.151 e. The standard InChI is InChI=1S/C10H11FOS/c1-2-5-13-10-4-3-9(11)6-8(10)7-12/h3-4,6-7H,2,5H2,1H3. The van der Waals surface area contributed by atoms with Crippen molar-refractivity contribution in [3.05, 3.63) is 29.6 Å². The molecule has 3 heteroatoms. The van der Waals surface area contributed by atoms with Gasteiger partial charge < -0.3 is 0 Å². The van der Waals surface area contributed by atoms with Gasteiger partial charge in [-0.1, -0.05) is 6.92 Å². The quantitative estimate of drug-likeness (QED) is 0.546. The van der Waals surface area contributed by atoms with E-state index >= 15 is 0 Å². The van der Waals surface area contributed by atoms with Crippen molar-refractivity contribution in [2.24, 2.45) is 0 Å². The summed E-state index contributed by atoms with van der Waals surface area (Å²) >= 11 is 1.58. The van der Waals surface area contributed by atoms with Crippen molar-refractivity contribution in [3.8, 4) is 0 Å². The van der Waals surface area contributed by atoms with Crippen LogP contribution in [0.5, 0.6) is 0 Å². The van der Waals surface area contributed by atoms with Gasteiger partial charge in [-0.2, -0.15) is 0 Å². The molecule has 0 radical (unpaired) electrons. The van der Waals surface area contributed by atoms with Crippen molar-refractivity contribution in [2.75, 3.05) is 5.75 Å². The lowest BCUT2D eigenvalue weighted by Crippen LogP contribution is -1.88. The van der Waals surface area contributed by atoms with E-state index < -0.39 is 0 Å². The van der Waals surface area contributed by atoms with Crippen molar-refractivity contribution in [1.29, 1.82) is 0 Å². The van der Waals surface area contributed by atoms with E-state index in [1.165, 1.54) is 12.1 Å². The van der Waals surface area contributed by atoms with Crippen molar-refractivity contribution in [1.82, 2.24) is 0 Å². The number of aldehydes is 1. The molecule has 0 fully saturated rings. The molecule has 1 aromatic rings. The van der Waals surface area contributed by atoms with E-state index in [0.717, 1.165) is 17.1 Å². The summed E-state index contributed by atoms with van der Waals surface area (Å²) < 4.78 is 12.7. The van der Waals surface area contributed by atoms with Crippen LogP contribution in [0.2, 0.25) is 0 Å². The number of carbonyl (C=O) groups excluding carboxylic acids is 1. The maximum atomic E-state index is 12.7. The SMILES string of the molecule is CCCSc1ccc(F)cc1C=O. The summed E-state index contributed by atoms with van der Waals surface area (Å²) in [5.41, 5.74) is 0.443. The van der Waals surface area contributed by atoms with Gasteiger partial charge in [-0.25, -0.2) is 4.39 Å². The molecular formula is C10H11FOS. The van der Waals surface area contributed by atoms with E-state index in [4.69, 9.17) is 0 Å². The van der Waals surface area contributed by atoms with Crippen LogP contribution < -0.4 is 0 Å². The van der Waals surface area contributed by atoms with E-state index in [1.807, 2.05) is 0 Å². The van der Waals surface area contributed by atoms with Crippen LogP contribution in [-0.4, -0.2) is 12.0 Å². The Kier molecular flexibility index (Phi) is 3.96. The molecule has 0 amide bonds. The highest BCUT2D eigenvalue weighted by atomic mass is 32.2. The van der Waals surface area contributed by atoms with Crippen LogP contribution in [0.25, 0.3) is 0 Å². The number of thioether (sulfide) groups is 1. The van der Waals surface area contributed by atoms with E-state index in [9.17, 15) is 9.18 Å². The van der Waals surface area contributed by atoms with Crippen LogP contribution >= 0.6 is 11.8 Å². The summed E-state index contributed by atoms with van der Waals surface area (Å²) in [4.78, 5) is 11.4. The molecular weight excluding hydrogens is 187 g/mol. The summed E-state index contributed by atoms with van der Waals surface area (Å²) in [6.07, 6.45) is 1.74. The molecule has 0 unspecified atom stereocenters. The lowest BCUT2D eigenvalue weighted by Gasteiger charge is -2.02. The van der Waals surface area contributed by atoms with Crippen LogP contribution in [-0.2, 0) is 0 Å². The molecule has 0 atom stereocenters. The highest BCUT2D eigenvalue weighted by Gasteiger charge is 2.02. The van der Waals surface area contributed by atoms with E-state index in [0.29, 0.717) is 11.8 Å². The first-order valence-electron chi connectivity index (χ1n) is 4.15. The molecule has 1 rings (SSSR count). The van der Waals surface area contributed by atoms with Gasteiger partial charge in [-0.3, -0.25) is 4.79 Å². The Bertz CT molecular complexity index is 299. The second-order valence-electron chi connectivity index (χ2n) is 2.65. The summed E-state index contributed by atoms with van der Waals surface area (Å²) in [6, 6.07) is 4.30. The number of hydrogen-bond donors (Lipinski definition) is 0. The van der Waals surface area contributed by atoms with Gasteiger partial charge in [0.15, 0.2) is 6.29 Å². The third-order valence-electron chi connectivity index (χ3n) is 1.56. The van der Waals surface area contributed by atoms with Crippen LogP contribution in [0.3, 0.4) is 0 Å². The van der Waals surface area contributed by atoms with Gasteiger partial charge in [0.2, 0.25) is 0 Å². The lowest BCUT2D eigenvalue weighted by molar-refractivity contribution is 0.112. The van der Waals surface area contributed by atoms with Crippen LogP contribution in [0.1, 0.15) is 23.7 Å². The lowest BCUT2D eigenvalue weighted by atomic mass is 10.2. The zero-order valence-electron chi connectivity index (χ0n) is 7.42. The Morgan fingerprint density at radius 2 is 2.31 bits per heavy atom. The summed E-state index contributed by atoms with van der Waals surface area (Å²) in [6.45, 7) is 2.07. The minimum absolute atomic E-state index is 0.358. The Morgan fingerprint density at radius 1 is 1.54 bits per heavy atom. The van der Waals surface area contributed by atoms with Crippen molar-refractivity contribution < 1.29 is 9.18 Å². The maximum Gasteiger partial charge on any atom is 0.151 e. The topological polar surface area (TPSA) is 17.1 Å². The molecule has 13 heavy (non-hydrogen) atoms. The molecule has 0 N–H and O–H groups in total. The fourth-order valence-corrected chi connectivity index (χ4v) is 1.82. The minimum Gasteiger partial charge on any atom is -0.298 e. The molecule has 0 saturated heterocycles. The van der Waals surface area contributed by atoms with E-state index in [1.54, 1.807) is 17.8 Å². The molecule has 0 aliphatic rings. The number of halogens is 1. The summed E-state index contributed by atoms with van der Waals surface area (Å²) in [5.74, 6) is 0.592. The van der Waals surface area contributed by atoms with Gasteiger partial charge in [-0.05, 0) is 30.4 Å². The molecule has 0 saturated carbocycles. The zero-order valence-corrected chi connectivity index (χ0v) is 8.23. The molecule has 1 nitrogen and oxygen atoms in total. The van der Waals surface area contributed by atoms with Crippen LogP contribution in [0, 0.1) is 5.82 Å². The molecule has 0 aromatic heterocycles. The fraction of sp³-hybridized carbons (Fsp3) is 0.300. The van der Waals surface area contributed by atoms with Gasteiger partial charge in [0.05, 0.1) is 0 Å². The van der Waals surface area contributed by atoms with Crippen molar-refractivity contribution in [3.63, 3.8) is 0 Å². The third-order valence-corrected chi connectivity index (χ3v) is 2.86. The number of carbonyl (C=O) groups is 1. The first-order chi connectivity index (χ1) is 6.27. The molecule has 1 aromatic carbocycles. The van der Waals surface area contributed by atoms with Crippen molar-refractivity contribution in [2.45, 2.75) is 18.2 Å². The Morgan fingerprint density at radius 3 is 2.92 bits per heavy atom. The zero-order chi connectivity index (χ0) is 9.68. The third kappa shape index (κ3) is 2.84. The summed E-state index contributed by atoms with van der Waals surface area (Å²) in [5, 5.41) is 0. The van der Waals surface area contributed by atoms with Crippen LogP contribution in [0.15, 0.2) is 23.1 Å². The minimum atomic E-state index is -0.358. The Balaban J connectivity index is 2.86. The number of hydrogen-bond acceptors (Lipinski definition) is 2. The normalized spacial score (nSPS) is 10.0. The first kappa shape index (κ1) is 10.3. The van der Waals surface area contributed by atoms with E-state index in [-0.39, 0.29) is 5.82 Å². The molecule has 0 aliphatic heterocycles. The molecule has 0 aliphatic carbocycles. The monoisotopic (exact) mass is 198 g/mol. The van der Waals surface area contributed by atoms with Gasteiger partial charge in [-0.15, -0.1) is 11.8 Å². The molecule has 0 spiro atoms. The predicted molar refractivity (Wildman–Crippen MR) is 52.8 cm³/mol. The molecule has 70 valence electrons. The fourth-order valence-electron chi connectivity index (χ4n) is 0.955. The maximum absolute atomic E-state index is 12.7. The number of benzene rings is 1.